The zero-order chi connectivity index (χ0) is 16.9. The lowest BCUT2D eigenvalue weighted by Crippen LogP contribution is -2.30. The average molecular weight is 370 g/mol. The van der Waals surface area contributed by atoms with Gasteiger partial charge in [0.25, 0.3) is 5.91 Å². The fraction of sp³-hybridized carbons (Fsp3) is 0.400. The van der Waals surface area contributed by atoms with Gasteiger partial charge in [0.05, 0.1) is 10.0 Å². The molecule has 3 rings (SSSR count). The van der Waals surface area contributed by atoms with E-state index in [0.717, 1.165) is 25.9 Å². The van der Waals surface area contributed by atoms with Crippen LogP contribution in [0.4, 0.5) is 11.9 Å². The third-order valence-electron chi connectivity index (χ3n) is 3.63. The van der Waals surface area contributed by atoms with E-state index < -0.39 is 0 Å². The van der Waals surface area contributed by atoms with Crippen LogP contribution in [0.25, 0.3) is 0 Å². The van der Waals surface area contributed by atoms with Crippen molar-refractivity contribution in [2.75, 3.05) is 29.9 Å². The van der Waals surface area contributed by atoms with Crippen molar-refractivity contribution >= 4 is 41.0 Å². The highest BCUT2D eigenvalue weighted by Gasteiger charge is 2.16. The summed E-state index contributed by atoms with van der Waals surface area (Å²) in [5.74, 6) is 1.03. The summed E-state index contributed by atoms with van der Waals surface area (Å²) in [5, 5.41) is 10.3. The topological polar surface area (TPSA) is 83.1 Å². The number of nitrogens with one attached hydrogen (secondary N) is 2. The van der Waals surface area contributed by atoms with Gasteiger partial charge >= 0.3 is 0 Å². The molecular weight excluding hydrogens is 353 g/mol. The maximum Gasteiger partial charge on any atom is 0.264 e. The molecule has 0 saturated carbocycles. The standard InChI is InChI=1S/C15H17Cl2N5O2/c16-11-5-4-10(8-12(11)17)24-9-13(23)18-14-19-15(21-20-14)22-6-2-1-3-7-22/h4-5,8H,1-3,6-7,9H2,(H2,18,19,20,21,23). The van der Waals surface area contributed by atoms with Gasteiger partial charge in [-0.05, 0) is 31.4 Å². The monoisotopic (exact) mass is 369 g/mol. The molecule has 0 spiro atoms. The molecule has 1 aromatic heterocycles. The smallest absolute Gasteiger partial charge is 0.264 e. The van der Waals surface area contributed by atoms with E-state index in [1.165, 1.54) is 6.42 Å². The molecule has 2 N–H and O–H groups in total. The lowest BCUT2D eigenvalue weighted by atomic mass is 10.1. The van der Waals surface area contributed by atoms with Crippen LogP contribution in [-0.2, 0) is 4.79 Å². The minimum atomic E-state index is -0.345. The number of hydrogen-bond donors (Lipinski definition) is 2. The Morgan fingerprint density at radius 1 is 1.25 bits per heavy atom. The van der Waals surface area contributed by atoms with E-state index in [2.05, 4.69) is 25.4 Å². The number of carbonyl (C=O) groups excluding carboxylic acids is 1. The van der Waals surface area contributed by atoms with Gasteiger partial charge in [0.2, 0.25) is 11.9 Å². The van der Waals surface area contributed by atoms with Crippen LogP contribution in [0.5, 0.6) is 5.75 Å². The van der Waals surface area contributed by atoms with Crippen LogP contribution in [0.15, 0.2) is 18.2 Å². The van der Waals surface area contributed by atoms with E-state index in [9.17, 15) is 4.79 Å². The maximum atomic E-state index is 11.9. The third-order valence-corrected chi connectivity index (χ3v) is 4.37. The van der Waals surface area contributed by atoms with Crippen LogP contribution in [0, 0.1) is 0 Å². The van der Waals surface area contributed by atoms with E-state index in [1.54, 1.807) is 18.2 Å². The molecule has 128 valence electrons. The molecular formula is C15H17Cl2N5O2. The Morgan fingerprint density at radius 2 is 2.04 bits per heavy atom. The first-order chi connectivity index (χ1) is 11.6. The van der Waals surface area contributed by atoms with Gasteiger partial charge in [-0.25, -0.2) is 5.10 Å². The second-order valence-electron chi connectivity index (χ2n) is 5.44. The van der Waals surface area contributed by atoms with Crippen molar-refractivity contribution < 1.29 is 9.53 Å². The molecule has 7 nitrogen and oxygen atoms in total. The molecule has 9 heteroatoms. The molecule has 0 bridgehead atoms. The maximum absolute atomic E-state index is 11.9. The van der Waals surface area contributed by atoms with Crippen LogP contribution < -0.4 is 15.0 Å². The van der Waals surface area contributed by atoms with Gasteiger partial charge in [0.1, 0.15) is 5.75 Å². The fourth-order valence-electron chi connectivity index (χ4n) is 2.43. The number of carbonyl (C=O) groups is 1. The lowest BCUT2D eigenvalue weighted by Gasteiger charge is -2.24. The first-order valence-corrected chi connectivity index (χ1v) is 8.42. The number of hydrogen-bond acceptors (Lipinski definition) is 5. The van der Waals surface area contributed by atoms with Crippen molar-refractivity contribution in [1.29, 1.82) is 0 Å². The zero-order valence-electron chi connectivity index (χ0n) is 12.9. The Hall–Kier alpha value is -1.99. The number of aromatic amines is 1. The Morgan fingerprint density at radius 3 is 2.79 bits per heavy atom. The van der Waals surface area contributed by atoms with Gasteiger partial charge in [-0.15, -0.1) is 5.10 Å². The van der Waals surface area contributed by atoms with Crippen molar-refractivity contribution in [3.8, 4) is 5.75 Å². The number of amides is 1. The number of piperidine rings is 1. The summed E-state index contributed by atoms with van der Waals surface area (Å²) < 4.78 is 5.37. The minimum absolute atomic E-state index is 0.169. The predicted molar refractivity (Wildman–Crippen MR) is 93.0 cm³/mol. The van der Waals surface area contributed by atoms with Crippen LogP contribution in [0.2, 0.25) is 10.0 Å². The molecule has 2 heterocycles. The second kappa shape index (κ2) is 7.72. The van der Waals surface area contributed by atoms with Crippen molar-refractivity contribution in [1.82, 2.24) is 15.2 Å². The van der Waals surface area contributed by atoms with E-state index >= 15 is 0 Å². The van der Waals surface area contributed by atoms with Gasteiger partial charge in [0.15, 0.2) is 6.61 Å². The molecule has 0 unspecified atom stereocenters. The molecule has 1 fully saturated rings. The molecule has 1 aromatic carbocycles. The highest BCUT2D eigenvalue weighted by molar-refractivity contribution is 6.42. The molecule has 0 atom stereocenters. The number of aromatic nitrogens is 3. The highest BCUT2D eigenvalue weighted by atomic mass is 35.5. The average Bonchev–Trinajstić information content (AvgIpc) is 3.05. The number of H-pyrrole nitrogens is 1. The Labute approximate surface area is 149 Å². The third kappa shape index (κ3) is 4.30. The molecule has 2 aromatic rings. The van der Waals surface area contributed by atoms with Crippen LogP contribution >= 0.6 is 23.2 Å². The van der Waals surface area contributed by atoms with E-state index in [0.29, 0.717) is 27.7 Å². The van der Waals surface area contributed by atoms with Crippen molar-refractivity contribution in [3.05, 3.63) is 28.2 Å². The molecule has 1 saturated heterocycles. The number of ether oxygens (including phenoxy) is 1. The van der Waals surface area contributed by atoms with E-state index in [1.807, 2.05) is 0 Å². The zero-order valence-corrected chi connectivity index (χ0v) is 14.4. The number of rotatable bonds is 5. The van der Waals surface area contributed by atoms with Crippen molar-refractivity contribution in [3.63, 3.8) is 0 Å². The minimum Gasteiger partial charge on any atom is -0.484 e. The number of nitrogens with zero attached hydrogens (tertiary/aromatic N) is 3. The first kappa shape index (κ1) is 16.9. The van der Waals surface area contributed by atoms with Crippen LogP contribution in [0.1, 0.15) is 19.3 Å². The number of halogens is 2. The Kier molecular flexibility index (Phi) is 5.42. The molecule has 0 radical (unpaired) electrons. The van der Waals surface area contributed by atoms with Gasteiger partial charge in [0, 0.05) is 19.2 Å². The summed E-state index contributed by atoms with van der Waals surface area (Å²) in [5.41, 5.74) is 0. The van der Waals surface area contributed by atoms with E-state index in [4.69, 9.17) is 27.9 Å². The molecule has 24 heavy (non-hydrogen) atoms. The SMILES string of the molecule is O=C(COc1ccc(Cl)c(Cl)c1)Nc1nc(N2CCCCC2)n[nH]1. The highest BCUT2D eigenvalue weighted by Crippen LogP contribution is 2.26. The molecule has 1 aliphatic rings. The van der Waals surface area contributed by atoms with Crippen molar-refractivity contribution in [2.24, 2.45) is 0 Å². The molecule has 1 amide bonds. The number of anilines is 2. The summed E-state index contributed by atoms with van der Waals surface area (Å²) in [6.45, 7) is 1.70. The first-order valence-electron chi connectivity index (χ1n) is 7.67. The molecule has 1 aliphatic heterocycles. The summed E-state index contributed by atoms with van der Waals surface area (Å²) in [4.78, 5) is 18.3. The summed E-state index contributed by atoms with van der Waals surface area (Å²) >= 11 is 11.7. The van der Waals surface area contributed by atoms with Crippen molar-refractivity contribution in [2.45, 2.75) is 19.3 Å². The lowest BCUT2D eigenvalue weighted by molar-refractivity contribution is -0.118. The summed E-state index contributed by atoms with van der Waals surface area (Å²) in [6, 6.07) is 4.81. The fourth-order valence-corrected chi connectivity index (χ4v) is 2.72. The number of benzene rings is 1. The van der Waals surface area contributed by atoms with Crippen LogP contribution in [-0.4, -0.2) is 40.8 Å². The van der Waals surface area contributed by atoms with Gasteiger partial charge in [-0.2, -0.15) is 4.98 Å². The molecule has 0 aliphatic carbocycles. The Bertz CT molecular complexity index is 716. The quantitative estimate of drug-likeness (QED) is 0.845. The Balaban J connectivity index is 1.51. The summed E-state index contributed by atoms with van der Waals surface area (Å²) in [7, 11) is 0. The normalized spacial score (nSPS) is 14.5. The van der Waals surface area contributed by atoms with Crippen LogP contribution in [0.3, 0.4) is 0 Å². The second-order valence-corrected chi connectivity index (χ2v) is 6.26. The van der Waals surface area contributed by atoms with Gasteiger partial charge < -0.3 is 9.64 Å². The largest absolute Gasteiger partial charge is 0.484 e. The van der Waals surface area contributed by atoms with Gasteiger partial charge in [-0.3, -0.25) is 10.1 Å². The van der Waals surface area contributed by atoms with Gasteiger partial charge in [-0.1, -0.05) is 23.2 Å². The summed E-state index contributed by atoms with van der Waals surface area (Å²) in [6.07, 6.45) is 3.50. The van der Waals surface area contributed by atoms with E-state index in [-0.39, 0.29) is 12.5 Å². The predicted octanol–water partition coefficient (Wildman–Crippen LogP) is 3.12.